The topological polar surface area (TPSA) is 69.6 Å². The lowest BCUT2D eigenvalue weighted by molar-refractivity contribution is -0.150. The summed E-state index contributed by atoms with van der Waals surface area (Å²) in [6, 6.07) is 3.65. The lowest BCUT2D eigenvalue weighted by Crippen LogP contribution is -2.46. The molecule has 0 aliphatic carbocycles. The van der Waals surface area contributed by atoms with Crippen LogP contribution in [0.25, 0.3) is 0 Å². The summed E-state index contributed by atoms with van der Waals surface area (Å²) >= 11 is 5.57. The van der Waals surface area contributed by atoms with E-state index in [0.29, 0.717) is 31.6 Å². The van der Waals surface area contributed by atoms with Crippen LogP contribution in [0.2, 0.25) is 5.02 Å². The van der Waals surface area contributed by atoms with E-state index in [9.17, 15) is 14.0 Å². The summed E-state index contributed by atoms with van der Waals surface area (Å²) in [4.78, 5) is 24.7. The van der Waals surface area contributed by atoms with Crippen LogP contribution in [0, 0.1) is 11.2 Å². The maximum Gasteiger partial charge on any atom is 0.321 e. The van der Waals surface area contributed by atoms with Crippen LogP contribution in [0.5, 0.6) is 0 Å². The third-order valence-electron chi connectivity index (χ3n) is 3.84. The third kappa shape index (κ3) is 3.44. The molecule has 0 radical (unpaired) electrons. The normalized spacial score (nSPS) is 17.4. The van der Waals surface area contributed by atoms with E-state index in [0.717, 1.165) is 6.07 Å². The molecule has 1 aliphatic heterocycles. The zero-order valence-corrected chi connectivity index (χ0v) is 12.3. The van der Waals surface area contributed by atoms with Crippen molar-refractivity contribution < 1.29 is 19.1 Å². The predicted molar refractivity (Wildman–Crippen MR) is 77.0 cm³/mol. The minimum atomic E-state index is -0.845. The van der Waals surface area contributed by atoms with Gasteiger partial charge in [-0.3, -0.25) is 4.79 Å². The fraction of sp³-hybridized carbons (Fsp3) is 0.429. The number of benzene rings is 1. The van der Waals surface area contributed by atoms with Gasteiger partial charge < -0.3 is 15.3 Å². The molecule has 1 fully saturated rings. The molecule has 0 bridgehead atoms. The van der Waals surface area contributed by atoms with Crippen molar-refractivity contribution in [2.75, 3.05) is 18.4 Å². The molecule has 0 unspecified atom stereocenters. The Morgan fingerprint density at radius 3 is 2.52 bits per heavy atom. The minimum absolute atomic E-state index is 0.0109. The van der Waals surface area contributed by atoms with Crippen LogP contribution >= 0.6 is 11.6 Å². The number of anilines is 1. The first kappa shape index (κ1) is 15.6. The highest BCUT2D eigenvalue weighted by atomic mass is 35.5. The van der Waals surface area contributed by atoms with E-state index in [2.05, 4.69) is 5.32 Å². The molecule has 0 saturated carbocycles. The number of hydrogen-bond acceptors (Lipinski definition) is 2. The van der Waals surface area contributed by atoms with Crippen LogP contribution in [-0.4, -0.2) is 35.1 Å². The second kappa shape index (κ2) is 5.89. The summed E-state index contributed by atoms with van der Waals surface area (Å²) in [5.74, 6) is -1.45. The van der Waals surface area contributed by atoms with Gasteiger partial charge in [-0.2, -0.15) is 0 Å². The SMILES string of the molecule is CC1(C(=O)O)CCN(C(=O)Nc2ccc(Cl)c(F)c2)CC1. The van der Waals surface area contributed by atoms with Gasteiger partial charge in [-0.25, -0.2) is 9.18 Å². The molecule has 1 aliphatic rings. The highest BCUT2D eigenvalue weighted by molar-refractivity contribution is 6.30. The average Bonchev–Trinajstić information content (AvgIpc) is 2.43. The van der Waals surface area contributed by atoms with Gasteiger partial charge >= 0.3 is 12.0 Å². The fourth-order valence-electron chi connectivity index (χ4n) is 2.19. The van der Waals surface area contributed by atoms with E-state index < -0.39 is 17.2 Å². The lowest BCUT2D eigenvalue weighted by Gasteiger charge is -2.36. The zero-order valence-electron chi connectivity index (χ0n) is 11.5. The lowest BCUT2D eigenvalue weighted by atomic mass is 9.80. The van der Waals surface area contributed by atoms with E-state index in [1.807, 2.05) is 0 Å². The van der Waals surface area contributed by atoms with Crippen LogP contribution in [0.4, 0.5) is 14.9 Å². The summed E-state index contributed by atoms with van der Waals surface area (Å²) in [6.45, 7) is 2.38. The summed E-state index contributed by atoms with van der Waals surface area (Å²) in [5.41, 5.74) is -0.475. The van der Waals surface area contributed by atoms with Crippen molar-refractivity contribution in [3.05, 3.63) is 29.0 Å². The summed E-state index contributed by atoms with van der Waals surface area (Å²) in [5, 5.41) is 11.7. The fourth-order valence-corrected chi connectivity index (χ4v) is 2.31. The van der Waals surface area contributed by atoms with Crippen molar-refractivity contribution >= 4 is 29.3 Å². The molecule has 7 heteroatoms. The number of likely N-dealkylation sites (tertiary alicyclic amines) is 1. The quantitative estimate of drug-likeness (QED) is 0.880. The maximum absolute atomic E-state index is 13.3. The summed E-state index contributed by atoms with van der Waals surface area (Å²) in [7, 11) is 0. The van der Waals surface area contributed by atoms with Crippen LogP contribution in [0.1, 0.15) is 19.8 Å². The Morgan fingerprint density at radius 1 is 1.38 bits per heavy atom. The molecular formula is C14H16ClFN2O3. The van der Waals surface area contributed by atoms with Crippen molar-refractivity contribution in [3.63, 3.8) is 0 Å². The van der Waals surface area contributed by atoms with Crippen molar-refractivity contribution in [2.24, 2.45) is 5.41 Å². The maximum atomic E-state index is 13.3. The van der Waals surface area contributed by atoms with E-state index >= 15 is 0 Å². The molecule has 0 spiro atoms. The highest BCUT2D eigenvalue weighted by Crippen LogP contribution is 2.31. The van der Waals surface area contributed by atoms with Gasteiger partial charge in [-0.1, -0.05) is 11.6 Å². The Balaban J connectivity index is 1.96. The van der Waals surface area contributed by atoms with Crippen molar-refractivity contribution in [2.45, 2.75) is 19.8 Å². The third-order valence-corrected chi connectivity index (χ3v) is 4.15. The van der Waals surface area contributed by atoms with Crippen molar-refractivity contribution in [3.8, 4) is 0 Å². The predicted octanol–water partition coefficient (Wildman–Crippen LogP) is 3.20. The van der Waals surface area contributed by atoms with E-state index in [1.165, 1.54) is 17.0 Å². The molecule has 1 aromatic carbocycles. The minimum Gasteiger partial charge on any atom is -0.481 e. The second-order valence-corrected chi connectivity index (χ2v) is 5.82. The van der Waals surface area contributed by atoms with Gasteiger partial charge in [0, 0.05) is 18.8 Å². The molecule has 2 amide bonds. The first-order valence-electron chi connectivity index (χ1n) is 6.56. The monoisotopic (exact) mass is 314 g/mol. The molecule has 1 saturated heterocycles. The number of carbonyl (C=O) groups is 2. The van der Waals surface area contributed by atoms with Crippen LogP contribution in [-0.2, 0) is 4.79 Å². The molecule has 5 nitrogen and oxygen atoms in total. The zero-order chi connectivity index (χ0) is 15.6. The van der Waals surface area contributed by atoms with Gasteiger partial charge in [-0.05, 0) is 38.0 Å². The van der Waals surface area contributed by atoms with Gasteiger partial charge in [0.1, 0.15) is 5.82 Å². The molecule has 2 N–H and O–H groups in total. The molecule has 1 heterocycles. The number of nitrogens with zero attached hydrogens (tertiary/aromatic N) is 1. The van der Waals surface area contributed by atoms with E-state index in [4.69, 9.17) is 16.7 Å². The van der Waals surface area contributed by atoms with Crippen LogP contribution in [0.3, 0.4) is 0 Å². The highest BCUT2D eigenvalue weighted by Gasteiger charge is 2.38. The number of hydrogen-bond donors (Lipinski definition) is 2. The van der Waals surface area contributed by atoms with Crippen molar-refractivity contribution in [1.82, 2.24) is 4.90 Å². The Labute approximate surface area is 126 Å². The smallest absolute Gasteiger partial charge is 0.321 e. The van der Waals surface area contributed by atoms with Gasteiger partial charge in [0.2, 0.25) is 0 Å². The first-order valence-corrected chi connectivity index (χ1v) is 6.94. The number of nitrogens with one attached hydrogen (secondary N) is 1. The molecular weight excluding hydrogens is 299 g/mol. The van der Waals surface area contributed by atoms with Gasteiger partial charge in [0.15, 0.2) is 0 Å². The second-order valence-electron chi connectivity index (χ2n) is 5.41. The molecule has 21 heavy (non-hydrogen) atoms. The summed E-state index contributed by atoms with van der Waals surface area (Å²) in [6.07, 6.45) is 0.787. The van der Waals surface area contributed by atoms with Gasteiger partial charge in [-0.15, -0.1) is 0 Å². The molecule has 0 atom stereocenters. The molecule has 2 rings (SSSR count). The number of urea groups is 1. The molecule has 0 aromatic heterocycles. The van der Waals surface area contributed by atoms with Crippen LogP contribution in [0.15, 0.2) is 18.2 Å². The Hall–Kier alpha value is -1.82. The van der Waals surface area contributed by atoms with Crippen molar-refractivity contribution in [1.29, 1.82) is 0 Å². The summed E-state index contributed by atoms with van der Waals surface area (Å²) < 4.78 is 13.3. The number of carboxylic acid groups (broad SMARTS) is 1. The van der Waals surface area contributed by atoms with Gasteiger partial charge in [0.25, 0.3) is 0 Å². The number of halogens is 2. The number of carbonyl (C=O) groups excluding carboxylic acids is 1. The number of aliphatic carboxylic acids is 1. The Kier molecular flexibility index (Phi) is 4.37. The number of rotatable bonds is 2. The van der Waals surface area contributed by atoms with Gasteiger partial charge in [0.05, 0.1) is 10.4 Å². The first-order chi connectivity index (χ1) is 9.82. The average molecular weight is 315 g/mol. The Bertz CT molecular complexity index is 571. The number of amides is 2. The van der Waals surface area contributed by atoms with E-state index in [-0.39, 0.29) is 11.1 Å². The Morgan fingerprint density at radius 2 is 2.00 bits per heavy atom. The number of piperidine rings is 1. The van der Waals surface area contributed by atoms with E-state index in [1.54, 1.807) is 6.92 Å². The molecule has 114 valence electrons. The number of carboxylic acids is 1. The molecule has 1 aromatic rings. The van der Waals surface area contributed by atoms with Crippen LogP contribution < -0.4 is 5.32 Å². The standard InChI is InChI=1S/C14H16ClFN2O3/c1-14(12(19)20)4-6-18(7-5-14)13(21)17-9-2-3-10(15)11(16)8-9/h2-3,8H,4-7H2,1H3,(H,17,21)(H,19,20). The largest absolute Gasteiger partial charge is 0.481 e.